The Bertz CT molecular complexity index is 895. The molecule has 1 amide bonds. The maximum absolute atomic E-state index is 12.6. The topological polar surface area (TPSA) is 69.7 Å². The maximum atomic E-state index is 12.6. The number of methoxy groups -OCH3 is 4. The van der Waals surface area contributed by atoms with Gasteiger partial charge >= 0.3 is 0 Å². The molecule has 1 fully saturated rings. The van der Waals surface area contributed by atoms with E-state index in [-0.39, 0.29) is 5.91 Å². The van der Waals surface area contributed by atoms with Crippen LogP contribution in [-0.2, 0) is 11.3 Å². The van der Waals surface area contributed by atoms with E-state index in [0.29, 0.717) is 49.8 Å². The molecule has 0 N–H and O–H groups in total. The van der Waals surface area contributed by atoms with Crippen LogP contribution in [0.25, 0.3) is 0 Å². The van der Waals surface area contributed by atoms with Gasteiger partial charge in [-0.05, 0) is 36.8 Å². The normalized spacial score (nSPS) is 14.0. The van der Waals surface area contributed by atoms with Crippen LogP contribution in [0, 0.1) is 0 Å². The second kappa shape index (κ2) is 12.2. The average Bonchev–Trinajstić information content (AvgIpc) is 2.86. The van der Waals surface area contributed by atoms with Gasteiger partial charge in [0.15, 0.2) is 11.5 Å². The third-order valence-electron chi connectivity index (χ3n) is 5.77. The summed E-state index contributed by atoms with van der Waals surface area (Å²) in [6, 6.07) is 11.3. The zero-order valence-electron chi connectivity index (χ0n) is 20.0. The molecule has 0 bridgehead atoms. The molecule has 2 aromatic rings. The van der Waals surface area contributed by atoms with Crippen molar-refractivity contribution in [1.29, 1.82) is 0 Å². The molecular weight excluding hydrogens is 424 g/mol. The molecule has 1 heterocycles. The van der Waals surface area contributed by atoms with Crippen LogP contribution in [0.5, 0.6) is 28.7 Å². The van der Waals surface area contributed by atoms with Gasteiger partial charge in [0.25, 0.3) is 0 Å². The van der Waals surface area contributed by atoms with Gasteiger partial charge in [0.05, 0.1) is 35.0 Å². The first kappa shape index (κ1) is 24.5. The van der Waals surface area contributed by atoms with Gasteiger partial charge in [-0.1, -0.05) is 6.07 Å². The molecule has 0 atom stereocenters. The van der Waals surface area contributed by atoms with E-state index in [1.807, 2.05) is 41.3 Å². The van der Waals surface area contributed by atoms with Crippen molar-refractivity contribution >= 4 is 5.91 Å². The molecule has 8 nitrogen and oxygen atoms in total. The molecule has 1 aliphatic rings. The maximum Gasteiger partial charge on any atom is 0.222 e. The predicted molar refractivity (Wildman–Crippen MR) is 126 cm³/mol. The summed E-state index contributed by atoms with van der Waals surface area (Å²) in [5.41, 5.74) is 1.03. The van der Waals surface area contributed by atoms with Gasteiger partial charge in [0.2, 0.25) is 11.7 Å². The van der Waals surface area contributed by atoms with Crippen molar-refractivity contribution in [1.82, 2.24) is 9.80 Å². The number of benzene rings is 2. The standard InChI is InChI=1S/C25H34N2O6/c1-29-20-8-10-21(11-9-20)33-17-5-6-23(28)27-15-13-26(14-16-27)18-19-7-12-22(30-2)25(32-4)24(19)31-3/h7-12H,5-6,13-18H2,1-4H3. The van der Waals surface area contributed by atoms with E-state index in [9.17, 15) is 4.79 Å². The molecule has 0 saturated carbocycles. The average molecular weight is 459 g/mol. The molecule has 1 aliphatic heterocycles. The van der Waals surface area contributed by atoms with Crippen LogP contribution < -0.4 is 23.7 Å². The Kier molecular flexibility index (Phi) is 9.06. The summed E-state index contributed by atoms with van der Waals surface area (Å²) < 4.78 is 27.3. The smallest absolute Gasteiger partial charge is 0.222 e. The van der Waals surface area contributed by atoms with Crippen LogP contribution in [-0.4, -0.2) is 76.9 Å². The Morgan fingerprint density at radius 1 is 0.788 bits per heavy atom. The number of nitrogens with zero attached hydrogens (tertiary/aromatic N) is 2. The first-order valence-corrected chi connectivity index (χ1v) is 11.1. The monoisotopic (exact) mass is 458 g/mol. The third kappa shape index (κ3) is 6.44. The van der Waals surface area contributed by atoms with E-state index < -0.39 is 0 Å². The molecule has 1 saturated heterocycles. The molecule has 0 unspecified atom stereocenters. The lowest BCUT2D eigenvalue weighted by Gasteiger charge is -2.35. The SMILES string of the molecule is COc1ccc(OCCCC(=O)N2CCN(Cc3ccc(OC)c(OC)c3OC)CC2)cc1. The van der Waals surface area contributed by atoms with Crippen LogP contribution in [0.15, 0.2) is 36.4 Å². The number of piperazine rings is 1. The van der Waals surface area contributed by atoms with Gasteiger partial charge in [-0.2, -0.15) is 0 Å². The number of ether oxygens (including phenoxy) is 5. The number of amides is 1. The Labute approximate surface area is 195 Å². The Balaban J connectivity index is 1.42. The van der Waals surface area contributed by atoms with Gasteiger partial charge in [0.1, 0.15) is 11.5 Å². The highest BCUT2D eigenvalue weighted by Gasteiger charge is 2.23. The summed E-state index contributed by atoms with van der Waals surface area (Å²) in [5, 5.41) is 0. The molecule has 3 rings (SSSR count). The van der Waals surface area contributed by atoms with Crippen LogP contribution in [0.3, 0.4) is 0 Å². The molecule has 33 heavy (non-hydrogen) atoms. The minimum atomic E-state index is 0.177. The Morgan fingerprint density at radius 3 is 2.06 bits per heavy atom. The van der Waals surface area contributed by atoms with E-state index in [0.717, 1.165) is 36.7 Å². The number of hydrogen-bond donors (Lipinski definition) is 0. The summed E-state index contributed by atoms with van der Waals surface area (Å²) in [7, 11) is 6.49. The summed E-state index contributed by atoms with van der Waals surface area (Å²) in [4.78, 5) is 16.9. The van der Waals surface area contributed by atoms with E-state index >= 15 is 0 Å². The highest BCUT2D eigenvalue weighted by Crippen LogP contribution is 2.40. The zero-order valence-corrected chi connectivity index (χ0v) is 20.0. The number of hydrogen-bond acceptors (Lipinski definition) is 7. The number of carbonyl (C=O) groups excluding carboxylic acids is 1. The number of rotatable bonds is 11. The molecule has 2 aromatic carbocycles. The fourth-order valence-electron chi connectivity index (χ4n) is 3.93. The van der Waals surface area contributed by atoms with E-state index in [1.54, 1.807) is 28.4 Å². The highest BCUT2D eigenvalue weighted by atomic mass is 16.5. The second-order valence-electron chi connectivity index (χ2n) is 7.78. The predicted octanol–water partition coefficient (Wildman–Crippen LogP) is 3.22. The van der Waals surface area contributed by atoms with Crippen LogP contribution >= 0.6 is 0 Å². The van der Waals surface area contributed by atoms with Crippen LogP contribution in [0.4, 0.5) is 0 Å². The van der Waals surface area contributed by atoms with Gasteiger partial charge < -0.3 is 28.6 Å². The summed E-state index contributed by atoms with van der Waals surface area (Å²) in [5.74, 6) is 3.68. The number of carbonyl (C=O) groups is 1. The first-order chi connectivity index (χ1) is 16.1. The van der Waals surface area contributed by atoms with Crippen LogP contribution in [0.2, 0.25) is 0 Å². The van der Waals surface area contributed by atoms with Gasteiger partial charge in [0, 0.05) is 44.7 Å². The minimum absolute atomic E-state index is 0.177. The summed E-state index contributed by atoms with van der Waals surface area (Å²) in [6.45, 7) is 4.29. The zero-order chi connectivity index (χ0) is 23.6. The summed E-state index contributed by atoms with van der Waals surface area (Å²) >= 11 is 0. The van der Waals surface area contributed by atoms with Gasteiger partial charge in [-0.15, -0.1) is 0 Å². The van der Waals surface area contributed by atoms with E-state index in [4.69, 9.17) is 23.7 Å². The molecule has 0 aromatic heterocycles. The Hall–Kier alpha value is -3.13. The lowest BCUT2D eigenvalue weighted by atomic mass is 10.1. The Morgan fingerprint density at radius 2 is 1.45 bits per heavy atom. The van der Waals surface area contributed by atoms with E-state index in [2.05, 4.69) is 4.90 Å². The van der Waals surface area contributed by atoms with Crippen molar-refractivity contribution in [2.24, 2.45) is 0 Å². The van der Waals surface area contributed by atoms with Gasteiger partial charge in [-0.25, -0.2) is 0 Å². The molecule has 0 spiro atoms. The largest absolute Gasteiger partial charge is 0.497 e. The molecule has 8 heteroatoms. The quantitative estimate of drug-likeness (QED) is 0.479. The second-order valence-corrected chi connectivity index (χ2v) is 7.78. The first-order valence-electron chi connectivity index (χ1n) is 11.1. The lowest BCUT2D eigenvalue weighted by molar-refractivity contribution is -0.133. The highest BCUT2D eigenvalue weighted by molar-refractivity contribution is 5.76. The molecular formula is C25H34N2O6. The van der Waals surface area contributed by atoms with Gasteiger partial charge in [-0.3, -0.25) is 9.69 Å². The van der Waals surface area contributed by atoms with Crippen molar-refractivity contribution < 1.29 is 28.5 Å². The third-order valence-corrected chi connectivity index (χ3v) is 5.77. The fraction of sp³-hybridized carbons (Fsp3) is 0.480. The van der Waals surface area contributed by atoms with Crippen molar-refractivity contribution in [3.05, 3.63) is 42.0 Å². The summed E-state index contributed by atoms with van der Waals surface area (Å²) in [6.07, 6.45) is 1.17. The molecule has 180 valence electrons. The lowest BCUT2D eigenvalue weighted by Crippen LogP contribution is -2.48. The molecule has 0 aliphatic carbocycles. The minimum Gasteiger partial charge on any atom is -0.497 e. The van der Waals surface area contributed by atoms with Crippen LogP contribution in [0.1, 0.15) is 18.4 Å². The van der Waals surface area contributed by atoms with Crippen molar-refractivity contribution in [2.75, 3.05) is 61.2 Å². The van der Waals surface area contributed by atoms with Crippen molar-refractivity contribution in [3.8, 4) is 28.7 Å². The van der Waals surface area contributed by atoms with Crippen molar-refractivity contribution in [3.63, 3.8) is 0 Å². The fourth-order valence-corrected chi connectivity index (χ4v) is 3.93. The van der Waals surface area contributed by atoms with Crippen molar-refractivity contribution in [2.45, 2.75) is 19.4 Å². The van der Waals surface area contributed by atoms with E-state index in [1.165, 1.54) is 0 Å². The molecule has 0 radical (unpaired) electrons.